The van der Waals surface area contributed by atoms with Crippen LogP contribution in [0.3, 0.4) is 0 Å². The molecule has 0 unspecified atom stereocenters. The van der Waals surface area contributed by atoms with Crippen LogP contribution < -0.4 is 10.1 Å². The summed E-state index contributed by atoms with van der Waals surface area (Å²) in [5.41, 5.74) is 3.16. The first-order valence-electron chi connectivity index (χ1n) is 7.81. The van der Waals surface area contributed by atoms with Gasteiger partial charge >= 0.3 is 6.03 Å². The summed E-state index contributed by atoms with van der Waals surface area (Å²) in [5, 5.41) is 2.95. The Labute approximate surface area is 143 Å². The number of hydrogen-bond acceptors (Lipinski definition) is 3. The van der Waals surface area contributed by atoms with Crippen molar-refractivity contribution in [2.24, 2.45) is 0 Å². The van der Waals surface area contributed by atoms with Crippen LogP contribution in [0.5, 0.6) is 5.75 Å². The Bertz CT molecular complexity index is 673. The summed E-state index contributed by atoms with van der Waals surface area (Å²) in [6.07, 6.45) is 0. The van der Waals surface area contributed by atoms with Gasteiger partial charge in [0.25, 0.3) is 0 Å². The average molecular weight is 328 g/mol. The third-order valence-electron chi connectivity index (χ3n) is 3.75. The average Bonchev–Trinajstić information content (AvgIpc) is 2.61. The molecule has 0 aliphatic heterocycles. The monoisotopic (exact) mass is 328 g/mol. The van der Waals surface area contributed by atoms with Gasteiger partial charge in [-0.2, -0.15) is 0 Å². The number of rotatable bonds is 7. The molecule has 5 nitrogen and oxygen atoms in total. The van der Waals surface area contributed by atoms with E-state index in [9.17, 15) is 4.79 Å². The summed E-state index contributed by atoms with van der Waals surface area (Å²) in [6, 6.07) is 15.5. The van der Waals surface area contributed by atoms with Crippen molar-refractivity contribution in [3.8, 4) is 5.75 Å². The molecular formula is C19H24N2O3. The molecule has 2 aromatic rings. The lowest BCUT2D eigenvalue weighted by Crippen LogP contribution is -2.36. The number of nitrogens with one attached hydrogen (secondary N) is 1. The van der Waals surface area contributed by atoms with Gasteiger partial charge in [-0.05, 0) is 28.8 Å². The lowest BCUT2D eigenvalue weighted by molar-refractivity contribution is 0.183. The van der Waals surface area contributed by atoms with Gasteiger partial charge in [-0.15, -0.1) is 0 Å². The normalized spacial score (nSPS) is 10.3. The number of urea groups is 1. The highest BCUT2D eigenvalue weighted by atomic mass is 16.5. The Morgan fingerprint density at radius 2 is 1.83 bits per heavy atom. The Morgan fingerprint density at radius 1 is 1.08 bits per heavy atom. The third-order valence-corrected chi connectivity index (χ3v) is 3.75. The number of ether oxygens (including phenoxy) is 2. The number of hydrogen-bond donors (Lipinski definition) is 1. The van der Waals surface area contributed by atoms with Crippen LogP contribution in [0.15, 0.2) is 48.5 Å². The summed E-state index contributed by atoms with van der Waals surface area (Å²) in [5.74, 6) is 0.787. The van der Waals surface area contributed by atoms with Gasteiger partial charge in [-0.25, -0.2) is 4.79 Å². The van der Waals surface area contributed by atoms with E-state index in [0.717, 1.165) is 22.4 Å². The molecule has 0 radical (unpaired) electrons. The lowest BCUT2D eigenvalue weighted by atomic mass is 10.1. The maximum Gasteiger partial charge on any atom is 0.317 e. The molecule has 2 rings (SSSR count). The number of amides is 2. The zero-order chi connectivity index (χ0) is 17.4. The first-order valence-corrected chi connectivity index (χ1v) is 7.81. The topological polar surface area (TPSA) is 50.8 Å². The van der Waals surface area contributed by atoms with Crippen LogP contribution >= 0.6 is 0 Å². The molecule has 0 aliphatic rings. The van der Waals surface area contributed by atoms with Crippen LogP contribution in [0, 0.1) is 0 Å². The van der Waals surface area contributed by atoms with Gasteiger partial charge in [0, 0.05) is 27.2 Å². The number of methoxy groups -OCH3 is 2. The molecule has 0 heterocycles. The number of carbonyl (C=O) groups is 1. The van der Waals surface area contributed by atoms with Gasteiger partial charge in [0.05, 0.1) is 13.7 Å². The highest BCUT2D eigenvalue weighted by Crippen LogP contribution is 2.14. The second-order valence-corrected chi connectivity index (χ2v) is 5.57. The van der Waals surface area contributed by atoms with Crippen LogP contribution in [0.25, 0.3) is 0 Å². The van der Waals surface area contributed by atoms with E-state index in [2.05, 4.69) is 5.32 Å². The molecular weight excluding hydrogens is 304 g/mol. The lowest BCUT2D eigenvalue weighted by Gasteiger charge is -2.19. The van der Waals surface area contributed by atoms with Crippen molar-refractivity contribution >= 4 is 6.03 Å². The molecule has 0 spiro atoms. The molecule has 24 heavy (non-hydrogen) atoms. The zero-order valence-corrected chi connectivity index (χ0v) is 14.4. The van der Waals surface area contributed by atoms with E-state index in [4.69, 9.17) is 9.47 Å². The molecule has 0 aromatic heterocycles. The van der Waals surface area contributed by atoms with Crippen molar-refractivity contribution in [3.63, 3.8) is 0 Å². The van der Waals surface area contributed by atoms with Crippen molar-refractivity contribution in [1.29, 1.82) is 0 Å². The summed E-state index contributed by atoms with van der Waals surface area (Å²) in [7, 11) is 5.07. The van der Waals surface area contributed by atoms with E-state index >= 15 is 0 Å². The highest BCUT2D eigenvalue weighted by molar-refractivity contribution is 5.73. The molecule has 0 atom stereocenters. The molecule has 0 saturated heterocycles. The Morgan fingerprint density at radius 3 is 2.54 bits per heavy atom. The molecule has 0 bridgehead atoms. The molecule has 0 fully saturated rings. The molecule has 128 valence electrons. The maximum atomic E-state index is 12.3. The number of carbonyl (C=O) groups excluding carboxylic acids is 1. The molecule has 2 aromatic carbocycles. The van der Waals surface area contributed by atoms with Crippen molar-refractivity contribution in [1.82, 2.24) is 10.2 Å². The van der Waals surface area contributed by atoms with E-state index in [0.29, 0.717) is 19.7 Å². The highest BCUT2D eigenvalue weighted by Gasteiger charge is 2.10. The van der Waals surface area contributed by atoms with Gasteiger partial charge in [0.1, 0.15) is 5.75 Å². The Kier molecular flexibility index (Phi) is 6.63. The van der Waals surface area contributed by atoms with E-state index in [1.807, 2.05) is 48.5 Å². The predicted octanol–water partition coefficient (Wildman–Crippen LogP) is 3.18. The fourth-order valence-electron chi connectivity index (χ4n) is 2.45. The standard InChI is InChI=1S/C19H24N2O3/c1-21(13-15-7-6-10-18(11-15)24-3)19(22)20-12-16-8-4-5-9-17(16)14-23-2/h4-11H,12-14H2,1-3H3,(H,20,22). The first kappa shape index (κ1) is 17.8. The number of nitrogens with zero attached hydrogens (tertiary/aromatic N) is 1. The van der Waals surface area contributed by atoms with E-state index in [1.54, 1.807) is 26.2 Å². The van der Waals surface area contributed by atoms with Crippen LogP contribution in [-0.2, 0) is 24.4 Å². The zero-order valence-electron chi connectivity index (χ0n) is 14.4. The van der Waals surface area contributed by atoms with Crippen molar-refractivity contribution < 1.29 is 14.3 Å². The fourth-order valence-corrected chi connectivity index (χ4v) is 2.45. The number of benzene rings is 2. The summed E-state index contributed by atoms with van der Waals surface area (Å²) >= 11 is 0. The van der Waals surface area contributed by atoms with Gasteiger partial charge in [-0.3, -0.25) is 0 Å². The molecule has 0 aliphatic carbocycles. The SMILES string of the molecule is COCc1ccccc1CNC(=O)N(C)Cc1cccc(OC)c1. The van der Waals surface area contributed by atoms with E-state index in [1.165, 1.54) is 0 Å². The van der Waals surface area contributed by atoms with Crippen molar-refractivity contribution in [2.75, 3.05) is 21.3 Å². The Balaban J connectivity index is 1.92. The quantitative estimate of drug-likeness (QED) is 0.849. The van der Waals surface area contributed by atoms with Gasteiger partial charge in [-0.1, -0.05) is 36.4 Å². The molecule has 2 amide bonds. The summed E-state index contributed by atoms with van der Waals surface area (Å²) < 4.78 is 10.4. The van der Waals surface area contributed by atoms with Crippen LogP contribution in [0.2, 0.25) is 0 Å². The smallest absolute Gasteiger partial charge is 0.317 e. The fraction of sp³-hybridized carbons (Fsp3) is 0.316. The largest absolute Gasteiger partial charge is 0.497 e. The van der Waals surface area contributed by atoms with E-state index < -0.39 is 0 Å². The van der Waals surface area contributed by atoms with Gasteiger partial charge in [0.2, 0.25) is 0 Å². The summed E-state index contributed by atoms with van der Waals surface area (Å²) in [6.45, 7) is 1.52. The molecule has 1 N–H and O–H groups in total. The van der Waals surface area contributed by atoms with E-state index in [-0.39, 0.29) is 6.03 Å². The second kappa shape index (κ2) is 8.93. The first-order chi connectivity index (χ1) is 11.6. The van der Waals surface area contributed by atoms with Crippen molar-refractivity contribution in [3.05, 3.63) is 65.2 Å². The predicted molar refractivity (Wildman–Crippen MR) is 93.9 cm³/mol. The maximum absolute atomic E-state index is 12.3. The minimum absolute atomic E-state index is 0.120. The third kappa shape index (κ3) is 4.99. The van der Waals surface area contributed by atoms with Crippen LogP contribution in [0.1, 0.15) is 16.7 Å². The van der Waals surface area contributed by atoms with Crippen LogP contribution in [-0.4, -0.2) is 32.2 Å². The van der Waals surface area contributed by atoms with Gasteiger partial charge < -0.3 is 19.7 Å². The Hall–Kier alpha value is -2.53. The van der Waals surface area contributed by atoms with Crippen molar-refractivity contribution in [2.45, 2.75) is 19.7 Å². The minimum atomic E-state index is -0.120. The summed E-state index contributed by atoms with van der Waals surface area (Å²) in [4.78, 5) is 13.9. The second-order valence-electron chi connectivity index (χ2n) is 5.57. The van der Waals surface area contributed by atoms with Gasteiger partial charge in [0.15, 0.2) is 0 Å². The molecule has 0 saturated carbocycles. The van der Waals surface area contributed by atoms with Crippen LogP contribution in [0.4, 0.5) is 4.79 Å². The molecule has 5 heteroatoms. The minimum Gasteiger partial charge on any atom is -0.497 e.